The minimum atomic E-state index is 0.718. The average Bonchev–Trinajstić information content (AvgIpc) is 3.65. The molecule has 270 valence electrons. The van der Waals surface area contributed by atoms with Crippen LogP contribution in [-0.4, -0.2) is 6.54 Å². The second-order valence-electron chi connectivity index (χ2n) is 15.1. The molecule has 3 aliphatic rings. The fraction of sp³-hybridized carbons (Fsp3) is 0.0545. The van der Waals surface area contributed by atoms with E-state index in [0.717, 1.165) is 13.0 Å². The quantitative estimate of drug-likeness (QED) is 0.147. The third kappa shape index (κ3) is 5.59. The molecule has 0 amide bonds. The molecule has 6 bridgehead atoms. The van der Waals surface area contributed by atoms with Crippen LogP contribution < -0.4 is 4.90 Å². The fourth-order valence-corrected chi connectivity index (χ4v) is 10.4. The predicted molar refractivity (Wildman–Crippen MR) is 246 cm³/mol. The van der Waals surface area contributed by atoms with Crippen molar-refractivity contribution in [1.82, 2.24) is 0 Å². The third-order valence-corrected chi connectivity index (χ3v) is 13.1. The smallest absolute Gasteiger partial charge is 0.0508 e. The average molecular weight is 746 g/mol. The van der Waals surface area contributed by atoms with Gasteiger partial charge in [-0.2, -0.15) is 0 Å². The van der Waals surface area contributed by atoms with Crippen molar-refractivity contribution in [3.8, 4) is 55.6 Å². The molecule has 57 heavy (non-hydrogen) atoms. The number of allylic oxidation sites excluding steroid dienone is 3. The molecule has 0 radical (unpaired) electrons. The summed E-state index contributed by atoms with van der Waals surface area (Å²) in [5.74, 6) is 0. The van der Waals surface area contributed by atoms with E-state index in [1.54, 1.807) is 0 Å². The molecule has 1 heterocycles. The van der Waals surface area contributed by atoms with E-state index in [1.165, 1.54) is 109 Å². The van der Waals surface area contributed by atoms with Gasteiger partial charge in [0.15, 0.2) is 0 Å². The maximum absolute atomic E-state index is 2.47. The predicted octanol–water partition coefficient (Wildman–Crippen LogP) is 15.4. The second kappa shape index (κ2) is 13.8. The van der Waals surface area contributed by atoms with Crippen molar-refractivity contribution < 1.29 is 0 Å². The van der Waals surface area contributed by atoms with Gasteiger partial charge in [-0.1, -0.05) is 158 Å². The Balaban J connectivity index is 1.00. The zero-order valence-electron chi connectivity index (χ0n) is 31.7. The Labute approximate surface area is 338 Å². The highest BCUT2D eigenvalue weighted by Crippen LogP contribution is 2.53. The SMILES string of the molecule is C/C=C(\C=C/CN(c1ccc(-c2ccccc2)cc1)c1cccc2sc3ccccc3c12)c1ccc2c(c1)-c1c3cccc1-c1ccccc1-c1c(cccc1-2)C3. The normalized spacial score (nSPS) is 12.7. The van der Waals surface area contributed by atoms with E-state index in [4.69, 9.17) is 0 Å². The van der Waals surface area contributed by atoms with Crippen LogP contribution in [0.15, 0.2) is 194 Å². The van der Waals surface area contributed by atoms with Crippen LogP contribution in [0.1, 0.15) is 23.6 Å². The van der Waals surface area contributed by atoms with Gasteiger partial charge >= 0.3 is 0 Å². The second-order valence-corrected chi connectivity index (χ2v) is 16.2. The maximum Gasteiger partial charge on any atom is 0.0508 e. The molecule has 0 saturated carbocycles. The Morgan fingerprint density at radius 2 is 1.18 bits per heavy atom. The van der Waals surface area contributed by atoms with Crippen LogP contribution in [0.3, 0.4) is 0 Å². The van der Waals surface area contributed by atoms with E-state index in [9.17, 15) is 0 Å². The van der Waals surface area contributed by atoms with Gasteiger partial charge in [-0.3, -0.25) is 0 Å². The van der Waals surface area contributed by atoms with Crippen molar-refractivity contribution in [3.63, 3.8) is 0 Å². The largest absolute Gasteiger partial charge is 0.337 e. The first-order chi connectivity index (χ1) is 28.2. The van der Waals surface area contributed by atoms with Gasteiger partial charge in [-0.25, -0.2) is 0 Å². The number of thiophene rings is 1. The number of rotatable bonds is 7. The number of anilines is 2. The summed E-state index contributed by atoms with van der Waals surface area (Å²) < 4.78 is 2.62. The summed E-state index contributed by atoms with van der Waals surface area (Å²) in [5.41, 5.74) is 20.7. The molecule has 0 aliphatic heterocycles. The van der Waals surface area contributed by atoms with E-state index in [2.05, 4.69) is 206 Å². The van der Waals surface area contributed by atoms with Gasteiger partial charge in [0.05, 0.1) is 5.69 Å². The molecular formula is C55H39NS. The monoisotopic (exact) mass is 745 g/mol. The van der Waals surface area contributed by atoms with E-state index >= 15 is 0 Å². The summed E-state index contributed by atoms with van der Waals surface area (Å²) in [6.07, 6.45) is 7.84. The zero-order valence-corrected chi connectivity index (χ0v) is 32.6. The summed E-state index contributed by atoms with van der Waals surface area (Å²) in [7, 11) is 0. The molecule has 0 atom stereocenters. The minimum absolute atomic E-state index is 0.718. The lowest BCUT2D eigenvalue weighted by Gasteiger charge is -2.30. The van der Waals surface area contributed by atoms with Crippen molar-refractivity contribution in [1.29, 1.82) is 0 Å². The van der Waals surface area contributed by atoms with Crippen molar-refractivity contribution in [2.75, 3.05) is 11.4 Å². The number of hydrogen-bond donors (Lipinski definition) is 0. The van der Waals surface area contributed by atoms with E-state index in [1.807, 2.05) is 11.3 Å². The van der Waals surface area contributed by atoms with Crippen LogP contribution in [-0.2, 0) is 6.42 Å². The van der Waals surface area contributed by atoms with E-state index in [0.29, 0.717) is 0 Å². The number of fused-ring (bicyclic) bond motifs is 3. The van der Waals surface area contributed by atoms with Gasteiger partial charge in [-0.15, -0.1) is 11.3 Å². The fourth-order valence-electron chi connectivity index (χ4n) is 9.32. The van der Waals surface area contributed by atoms with Crippen LogP contribution in [0, 0.1) is 0 Å². The molecule has 0 fully saturated rings. The first kappa shape index (κ1) is 33.6. The number of benzene rings is 8. The molecule has 8 aromatic carbocycles. The Hall–Kier alpha value is -6.74. The molecule has 12 rings (SSSR count). The molecule has 0 saturated heterocycles. The summed E-state index contributed by atoms with van der Waals surface area (Å²) >= 11 is 1.87. The van der Waals surface area contributed by atoms with E-state index in [-0.39, 0.29) is 0 Å². The highest BCUT2D eigenvalue weighted by atomic mass is 32.1. The van der Waals surface area contributed by atoms with Gasteiger partial charge in [0, 0.05) is 32.4 Å². The van der Waals surface area contributed by atoms with Gasteiger partial charge in [0.2, 0.25) is 0 Å². The standard InChI is InChI=1S/C55H39NS/c1-2-36(39-29-32-44-47-23-10-16-40-34-41-17-11-22-46(54(41)49(44)35-39)43-19-6-7-20-45(43)53(40)47)18-13-33-56(42-30-27-38(28-31-42)37-14-4-3-5-15-37)50-24-12-26-52-55(50)48-21-8-9-25-51(48)57-52/h2-32,35H,33-34H2,1H3/b18-13-,36-2+,46-43?,47-44?,53-45?,54-49?. The topological polar surface area (TPSA) is 3.24 Å². The van der Waals surface area contributed by atoms with Crippen LogP contribution in [0.4, 0.5) is 11.4 Å². The molecule has 3 aliphatic carbocycles. The molecule has 0 spiro atoms. The minimum Gasteiger partial charge on any atom is -0.337 e. The summed E-state index contributed by atoms with van der Waals surface area (Å²) in [4.78, 5) is 2.47. The summed E-state index contributed by atoms with van der Waals surface area (Å²) in [5, 5.41) is 2.62. The summed E-state index contributed by atoms with van der Waals surface area (Å²) in [6.45, 7) is 2.88. The lowest BCUT2D eigenvalue weighted by Crippen LogP contribution is -2.17. The Kier molecular flexibility index (Phi) is 8.12. The first-order valence-corrected chi connectivity index (χ1v) is 20.7. The van der Waals surface area contributed by atoms with E-state index < -0.39 is 0 Å². The van der Waals surface area contributed by atoms with Crippen molar-refractivity contribution in [2.24, 2.45) is 0 Å². The van der Waals surface area contributed by atoms with Crippen molar-refractivity contribution >= 4 is 48.5 Å². The highest BCUT2D eigenvalue weighted by Gasteiger charge is 2.28. The molecule has 0 N–H and O–H groups in total. The van der Waals surface area contributed by atoms with Gasteiger partial charge in [0.1, 0.15) is 0 Å². The molecule has 2 heteroatoms. The summed E-state index contributed by atoms with van der Waals surface area (Å²) in [6, 6.07) is 65.1. The molecule has 9 aromatic rings. The van der Waals surface area contributed by atoms with Crippen molar-refractivity contribution in [2.45, 2.75) is 13.3 Å². The van der Waals surface area contributed by atoms with Gasteiger partial charge in [-0.05, 0) is 128 Å². The number of nitrogens with zero attached hydrogens (tertiary/aromatic N) is 1. The maximum atomic E-state index is 2.47. The number of hydrogen-bond acceptors (Lipinski definition) is 2. The molecule has 1 aromatic heterocycles. The Bertz CT molecular complexity index is 3060. The molecular weight excluding hydrogens is 707 g/mol. The third-order valence-electron chi connectivity index (χ3n) is 11.9. The highest BCUT2D eigenvalue weighted by molar-refractivity contribution is 7.26. The van der Waals surface area contributed by atoms with Crippen LogP contribution in [0.2, 0.25) is 0 Å². The Morgan fingerprint density at radius 1 is 0.544 bits per heavy atom. The van der Waals surface area contributed by atoms with Gasteiger partial charge in [0.25, 0.3) is 0 Å². The molecule has 0 unspecified atom stereocenters. The van der Waals surface area contributed by atoms with Crippen LogP contribution in [0.25, 0.3) is 81.4 Å². The van der Waals surface area contributed by atoms with Crippen LogP contribution >= 0.6 is 11.3 Å². The van der Waals surface area contributed by atoms with Crippen molar-refractivity contribution in [3.05, 3.63) is 211 Å². The first-order valence-electron chi connectivity index (χ1n) is 19.9. The van der Waals surface area contributed by atoms with Gasteiger partial charge < -0.3 is 4.90 Å². The molecule has 1 nitrogen and oxygen atoms in total. The van der Waals surface area contributed by atoms with Crippen LogP contribution in [0.5, 0.6) is 0 Å². The zero-order chi connectivity index (χ0) is 37.9. The lowest BCUT2D eigenvalue weighted by atomic mass is 9.73. The lowest BCUT2D eigenvalue weighted by molar-refractivity contribution is 1.11. The Morgan fingerprint density at radius 3 is 1.96 bits per heavy atom.